The van der Waals surface area contributed by atoms with E-state index in [0.29, 0.717) is 0 Å². The van der Waals surface area contributed by atoms with Crippen LogP contribution in [-0.4, -0.2) is 16.9 Å². The van der Waals surface area contributed by atoms with Gasteiger partial charge in [0.05, 0.1) is 12.3 Å². The summed E-state index contributed by atoms with van der Waals surface area (Å²) in [5.74, 6) is 0.815. The second-order valence-corrected chi connectivity index (χ2v) is 3.20. The fourth-order valence-electron chi connectivity index (χ4n) is 1.15. The summed E-state index contributed by atoms with van der Waals surface area (Å²) in [5, 5.41) is 12.5. The van der Waals surface area contributed by atoms with Gasteiger partial charge in [-0.25, -0.2) is 0 Å². The lowest BCUT2D eigenvalue weighted by molar-refractivity contribution is 0.342. The Hall–Kier alpha value is -1.35. The predicted octanol–water partition coefficient (Wildman–Crippen LogP) is 2.24. The first kappa shape index (κ1) is 10.7. The first-order chi connectivity index (χ1) is 6.65. The number of aliphatic hydroxyl groups is 1. The molecule has 0 saturated heterocycles. The number of allylic oxidation sites excluding steroid dienone is 2. The minimum Gasteiger partial charge on any atom is -0.392 e. The normalized spacial score (nSPS) is 12.7. The zero-order valence-electron chi connectivity index (χ0n) is 8.74. The molecule has 3 nitrogen and oxygen atoms in total. The first-order valence-electron chi connectivity index (χ1n) is 4.53. The second kappa shape index (κ2) is 4.77. The minimum absolute atomic E-state index is 0.0672. The maximum Gasteiger partial charge on any atom is 0.141 e. The van der Waals surface area contributed by atoms with Gasteiger partial charge in [0.1, 0.15) is 5.76 Å². The number of nitrogens with zero attached hydrogens (tertiary/aromatic N) is 1. The summed E-state index contributed by atoms with van der Waals surface area (Å²) in [6, 6.07) is 0. The first-order valence-corrected chi connectivity index (χ1v) is 4.53. The molecule has 0 amide bonds. The number of aromatic nitrogens is 1. The van der Waals surface area contributed by atoms with Crippen LogP contribution in [0, 0.1) is 13.8 Å². The third-order valence-corrected chi connectivity index (χ3v) is 2.01. The topological polar surface area (TPSA) is 46.3 Å². The Morgan fingerprint density at radius 1 is 1.50 bits per heavy atom. The zero-order chi connectivity index (χ0) is 10.6. The molecule has 0 unspecified atom stereocenters. The molecule has 76 valence electrons. The highest BCUT2D eigenvalue weighted by Crippen LogP contribution is 2.14. The van der Waals surface area contributed by atoms with Crippen LogP contribution < -0.4 is 0 Å². The van der Waals surface area contributed by atoms with Crippen molar-refractivity contribution in [2.24, 2.45) is 0 Å². The van der Waals surface area contributed by atoms with Crippen LogP contribution in [0.15, 0.2) is 22.2 Å². The van der Waals surface area contributed by atoms with Crippen LogP contribution in [0.2, 0.25) is 0 Å². The summed E-state index contributed by atoms with van der Waals surface area (Å²) >= 11 is 0. The highest BCUT2D eigenvalue weighted by atomic mass is 16.5. The van der Waals surface area contributed by atoms with Crippen LogP contribution in [0.3, 0.4) is 0 Å². The van der Waals surface area contributed by atoms with Gasteiger partial charge in [-0.15, -0.1) is 0 Å². The van der Waals surface area contributed by atoms with Crippen molar-refractivity contribution in [1.82, 2.24) is 5.16 Å². The number of hydrogen-bond donors (Lipinski definition) is 1. The third-order valence-electron chi connectivity index (χ3n) is 2.01. The van der Waals surface area contributed by atoms with Crippen molar-refractivity contribution in [1.29, 1.82) is 0 Å². The van der Waals surface area contributed by atoms with Gasteiger partial charge in [-0.1, -0.05) is 22.9 Å². The van der Waals surface area contributed by atoms with Gasteiger partial charge >= 0.3 is 0 Å². The maximum absolute atomic E-state index is 8.66. The van der Waals surface area contributed by atoms with E-state index in [-0.39, 0.29) is 6.61 Å². The average Bonchev–Trinajstić information content (AvgIpc) is 2.44. The fraction of sp³-hybridized carbons (Fsp3) is 0.364. The lowest BCUT2D eigenvalue weighted by atomic mass is 10.1. The number of aliphatic hydroxyl groups excluding tert-OH is 1. The Kier molecular flexibility index (Phi) is 3.65. The number of hydrogen-bond acceptors (Lipinski definition) is 3. The molecular weight excluding hydrogens is 178 g/mol. The van der Waals surface area contributed by atoms with Crippen LogP contribution in [-0.2, 0) is 0 Å². The minimum atomic E-state index is 0.0672. The highest BCUT2D eigenvalue weighted by Gasteiger charge is 2.03. The van der Waals surface area contributed by atoms with Crippen LogP contribution in [0.4, 0.5) is 0 Å². The van der Waals surface area contributed by atoms with Gasteiger partial charge in [0.15, 0.2) is 0 Å². The predicted molar refractivity (Wildman–Crippen MR) is 55.9 cm³/mol. The van der Waals surface area contributed by atoms with Crippen LogP contribution >= 0.6 is 0 Å². The largest absolute Gasteiger partial charge is 0.392 e. The molecule has 1 heterocycles. The molecule has 1 N–H and O–H groups in total. The average molecular weight is 193 g/mol. The molecule has 1 aromatic rings. The molecule has 3 heteroatoms. The summed E-state index contributed by atoms with van der Waals surface area (Å²) in [6.07, 6.45) is 5.63. The molecule has 0 fully saturated rings. The quantitative estimate of drug-likeness (QED) is 0.749. The molecular formula is C11H15NO2. The highest BCUT2D eigenvalue weighted by molar-refractivity contribution is 5.56. The molecule has 0 aromatic carbocycles. The van der Waals surface area contributed by atoms with E-state index in [2.05, 4.69) is 5.16 Å². The van der Waals surface area contributed by atoms with E-state index < -0.39 is 0 Å². The molecule has 0 radical (unpaired) electrons. The monoisotopic (exact) mass is 193 g/mol. The molecule has 0 aliphatic rings. The molecule has 1 rings (SSSR count). The van der Waals surface area contributed by atoms with Crippen molar-refractivity contribution in [3.8, 4) is 0 Å². The molecule has 0 aliphatic carbocycles. The van der Waals surface area contributed by atoms with E-state index >= 15 is 0 Å². The Labute approximate surface area is 83.7 Å². The summed E-state index contributed by atoms with van der Waals surface area (Å²) < 4.78 is 5.02. The Balaban J connectivity index is 2.83. The van der Waals surface area contributed by atoms with Crippen molar-refractivity contribution in [2.75, 3.05) is 6.61 Å². The van der Waals surface area contributed by atoms with E-state index in [4.69, 9.17) is 9.63 Å². The van der Waals surface area contributed by atoms with Crippen molar-refractivity contribution < 1.29 is 9.63 Å². The molecule has 0 aliphatic heterocycles. The Morgan fingerprint density at radius 3 is 2.71 bits per heavy atom. The SMILES string of the molecule is CC(=C/CO)/C=C/c1c(C)noc1C. The zero-order valence-corrected chi connectivity index (χ0v) is 8.74. The smallest absolute Gasteiger partial charge is 0.141 e. The van der Waals surface area contributed by atoms with E-state index in [1.54, 1.807) is 6.08 Å². The maximum atomic E-state index is 8.66. The van der Waals surface area contributed by atoms with Gasteiger partial charge in [0.25, 0.3) is 0 Å². The van der Waals surface area contributed by atoms with Gasteiger partial charge < -0.3 is 9.63 Å². The van der Waals surface area contributed by atoms with Gasteiger partial charge in [-0.3, -0.25) is 0 Å². The molecule has 0 bridgehead atoms. The number of aryl methyl sites for hydroxylation is 2. The summed E-state index contributed by atoms with van der Waals surface area (Å²) in [7, 11) is 0. The Bertz CT molecular complexity index is 342. The molecule has 1 aromatic heterocycles. The van der Waals surface area contributed by atoms with Crippen LogP contribution in [0.25, 0.3) is 6.08 Å². The Morgan fingerprint density at radius 2 is 2.21 bits per heavy atom. The van der Waals surface area contributed by atoms with Crippen molar-refractivity contribution in [3.05, 3.63) is 34.7 Å². The fourth-order valence-corrected chi connectivity index (χ4v) is 1.15. The lowest BCUT2D eigenvalue weighted by Crippen LogP contribution is -1.79. The molecule has 0 saturated carbocycles. The molecule has 0 spiro atoms. The van der Waals surface area contributed by atoms with Gasteiger partial charge in [0.2, 0.25) is 0 Å². The summed E-state index contributed by atoms with van der Waals surface area (Å²) in [4.78, 5) is 0. The number of rotatable bonds is 3. The third kappa shape index (κ3) is 2.57. The van der Waals surface area contributed by atoms with Crippen molar-refractivity contribution in [2.45, 2.75) is 20.8 Å². The van der Waals surface area contributed by atoms with Crippen molar-refractivity contribution in [3.63, 3.8) is 0 Å². The van der Waals surface area contributed by atoms with Gasteiger partial charge in [-0.2, -0.15) is 0 Å². The van der Waals surface area contributed by atoms with Gasteiger partial charge in [-0.05, 0) is 26.8 Å². The van der Waals surface area contributed by atoms with Gasteiger partial charge in [0, 0.05) is 5.56 Å². The van der Waals surface area contributed by atoms with Crippen molar-refractivity contribution >= 4 is 6.08 Å². The summed E-state index contributed by atoms with van der Waals surface area (Å²) in [6.45, 7) is 5.79. The summed E-state index contributed by atoms with van der Waals surface area (Å²) in [5.41, 5.74) is 2.92. The van der Waals surface area contributed by atoms with E-state index in [0.717, 1.165) is 22.6 Å². The molecule has 14 heavy (non-hydrogen) atoms. The van der Waals surface area contributed by atoms with E-state index in [1.807, 2.05) is 32.9 Å². The second-order valence-electron chi connectivity index (χ2n) is 3.20. The molecule has 0 atom stereocenters. The van der Waals surface area contributed by atoms with Crippen LogP contribution in [0.1, 0.15) is 23.9 Å². The standard InChI is InChI=1S/C11H15NO2/c1-8(6-7-13)4-5-11-9(2)12-14-10(11)3/h4-6,13H,7H2,1-3H3/b5-4+,8-6-. The van der Waals surface area contributed by atoms with Crippen LogP contribution in [0.5, 0.6) is 0 Å². The van der Waals surface area contributed by atoms with E-state index in [9.17, 15) is 0 Å². The van der Waals surface area contributed by atoms with E-state index in [1.165, 1.54) is 0 Å². The lowest BCUT2D eigenvalue weighted by Gasteiger charge is -1.91.